The number of allylic oxidation sites excluding steroid dienone is 4. The molecule has 6 nitrogen and oxygen atoms in total. The van der Waals surface area contributed by atoms with Crippen molar-refractivity contribution >= 4 is 28.7 Å². The van der Waals surface area contributed by atoms with Gasteiger partial charge in [0.1, 0.15) is 12.3 Å². The lowest BCUT2D eigenvalue weighted by Gasteiger charge is -2.53. The van der Waals surface area contributed by atoms with Crippen molar-refractivity contribution in [3.8, 4) is 23.3 Å². The molecule has 7 heteroatoms. The van der Waals surface area contributed by atoms with Gasteiger partial charge in [-0.1, -0.05) is 42.7 Å². The van der Waals surface area contributed by atoms with Crippen molar-refractivity contribution in [1.29, 1.82) is 0 Å². The van der Waals surface area contributed by atoms with E-state index in [0.29, 0.717) is 23.6 Å². The topological polar surface area (TPSA) is 75.1 Å². The van der Waals surface area contributed by atoms with Gasteiger partial charge < -0.3 is 25.2 Å². The van der Waals surface area contributed by atoms with Crippen molar-refractivity contribution in [2.24, 2.45) is 22.2 Å². The molecular formula is C36H39N3O3S. The molecule has 5 atom stereocenters. The van der Waals surface area contributed by atoms with E-state index in [4.69, 9.17) is 26.7 Å². The highest BCUT2D eigenvalue weighted by atomic mass is 32.1. The maximum atomic E-state index is 11.9. The highest BCUT2D eigenvalue weighted by Gasteiger charge is 2.62. The Kier molecular flexibility index (Phi) is 7.31. The number of hydrogen-bond acceptors (Lipinski definition) is 5. The summed E-state index contributed by atoms with van der Waals surface area (Å²) in [5.41, 5.74) is 6.64. The molecule has 1 unspecified atom stereocenters. The standard InChI is InChI=1S/C36H39N3O3S/c1-3-16-36(40)17-15-30-28-12-9-23-18-26(37-21-38-34(43)39-25-7-5-4-6-8-25)11-13-27(23)33(28)29(20-35(30,36)2)24-10-14-31-32(19-24)42-22-41-31/h4-8,10,14,18-19,28-30,40H,9,11-13,15,17,20-22H2,1-2H3,(H2,38,39,43)/b37-26+/t28-,29+,30?,35-,36-/m0/s1. The van der Waals surface area contributed by atoms with Gasteiger partial charge in [0, 0.05) is 22.7 Å². The van der Waals surface area contributed by atoms with E-state index in [-0.39, 0.29) is 18.1 Å². The second kappa shape index (κ2) is 11.2. The molecule has 2 saturated carbocycles. The summed E-state index contributed by atoms with van der Waals surface area (Å²) >= 11 is 5.47. The van der Waals surface area contributed by atoms with Gasteiger partial charge in [-0.3, -0.25) is 4.99 Å². The second-order valence-corrected chi connectivity index (χ2v) is 13.1. The molecule has 5 aliphatic rings. The summed E-state index contributed by atoms with van der Waals surface area (Å²) < 4.78 is 11.5. The quantitative estimate of drug-likeness (QED) is 0.265. The van der Waals surface area contributed by atoms with Crippen LogP contribution in [0.4, 0.5) is 5.69 Å². The molecule has 4 aliphatic carbocycles. The van der Waals surface area contributed by atoms with Crippen LogP contribution in [0.3, 0.4) is 0 Å². The first-order valence-electron chi connectivity index (χ1n) is 15.5. The Morgan fingerprint density at radius 1 is 1.09 bits per heavy atom. The van der Waals surface area contributed by atoms with Crippen molar-refractivity contribution in [2.75, 3.05) is 18.8 Å². The van der Waals surface area contributed by atoms with E-state index in [1.54, 1.807) is 5.57 Å². The summed E-state index contributed by atoms with van der Waals surface area (Å²) in [4.78, 5) is 4.88. The predicted molar refractivity (Wildman–Crippen MR) is 174 cm³/mol. The van der Waals surface area contributed by atoms with Gasteiger partial charge in [0.15, 0.2) is 16.6 Å². The van der Waals surface area contributed by atoms with Crippen LogP contribution in [0.25, 0.3) is 0 Å². The first-order valence-corrected chi connectivity index (χ1v) is 15.9. The summed E-state index contributed by atoms with van der Waals surface area (Å²) in [6.45, 7) is 4.87. The average molecular weight is 594 g/mol. The minimum atomic E-state index is -0.956. The minimum absolute atomic E-state index is 0.198. The lowest BCUT2D eigenvalue weighted by Crippen LogP contribution is -2.51. The van der Waals surface area contributed by atoms with E-state index in [9.17, 15) is 5.11 Å². The minimum Gasteiger partial charge on any atom is -0.454 e. The number of ether oxygens (including phenoxy) is 2. The van der Waals surface area contributed by atoms with Crippen molar-refractivity contribution in [3.63, 3.8) is 0 Å². The lowest BCUT2D eigenvalue weighted by molar-refractivity contribution is -0.0513. The van der Waals surface area contributed by atoms with Gasteiger partial charge >= 0.3 is 0 Å². The number of anilines is 1. The van der Waals surface area contributed by atoms with E-state index in [1.807, 2.05) is 43.3 Å². The molecule has 2 aromatic carbocycles. The third-order valence-corrected chi connectivity index (χ3v) is 10.8. The lowest BCUT2D eigenvalue weighted by atomic mass is 9.51. The van der Waals surface area contributed by atoms with E-state index in [1.165, 1.54) is 16.7 Å². The number of thiocarbonyl (C=S) groups is 1. The molecule has 0 amide bonds. The number of para-hydroxylation sites is 1. The second-order valence-electron chi connectivity index (χ2n) is 12.7. The van der Waals surface area contributed by atoms with Gasteiger partial charge in [-0.25, -0.2) is 0 Å². The van der Waals surface area contributed by atoms with Gasteiger partial charge in [0.05, 0.1) is 0 Å². The van der Waals surface area contributed by atoms with Gasteiger partial charge in [0.2, 0.25) is 6.79 Å². The van der Waals surface area contributed by atoms with Crippen LogP contribution in [0.2, 0.25) is 0 Å². The molecule has 2 aromatic rings. The largest absolute Gasteiger partial charge is 0.454 e. The molecule has 1 aliphatic heterocycles. The Balaban J connectivity index is 1.19. The molecule has 0 spiro atoms. The first kappa shape index (κ1) is 28.2. The van der Waals surface area contributed by atoms with Crippen LogP contribution >= 0.6 is 12.2 Å². The fourth-order valence-electron chi connectivity index (χ4n) is 8.55. The fourth-order valence-corrected chi connectivity index (χ4v) is 8.73. The van der Waals surface area contributed by atoms with Crippen LogP contribution in [0.1, 0.15) is 70.3 Å². The zero-order valence-electron chi connectivity index (χ0n) is 24.9. The van der Waals surface area contributed by atoms with Gasteiger partial charge in [-0.05, 0) is 123 Å². The monoisotopic (exact) mass is 593 g/mol. The van der Waals surface area contributed by atoms with Gasteiger partial charge in [-0.2, -0.15) is 0 Å². The van der Waals surface area contributed by atoms with Gasteiger partial charge in [-0.15, -0.1) is 5.92 Å². The number of nitrogens with zero attached hydrogens (tertiary/aromatic N) is 1. The highest BCUT2D eigenvalue weighted by Crippen LogP contribution is 2.66. The number of fused-ring (bicyclic) bond motifs is 5. The molecule has 1 heterocycles. The number of rotatable bonds is 4. The van der Waals surface area contributed by atoms with Crippen LogP contribution in [0, 0.1) is 29.1 Å². The normalized spacial score (nSPS) is 31.3. The van der Waals surface area contributed by atoms with E-state index < -0.39 is 5.60 Å². The van der Waals surface area contributed by atoms with Crippen LogP contribution < -0.4 is 20.1 Å². The zero-order valence-corrected chi connectivity index (χ0v) is 25.7. The average Bonchev–Trinajstić information content (AvgIpc) is 3.58. The van der Waals surface area contributed by atoms with E-state index in [2.05, 4.69) is 47.6 Å². The maximum Gasteiger partial charge on any atom is 0.231 e. The fraction of sp³-hybridized carbons (Fsp3) is 0.444. The number of nitrogens with one attached hydrogen (secondary N) is 2. The molecule has 3 N–H and O–H groups in total. The van der Waals surface area contributed by atoms with Crippen LogP contribution in [-0.4, -0.2) is 35.0 Å². The predicted octanol–water partition coefficient (Wildman–Crippen LogP) is 6.89. The third kappa shape index (κ3) is 4.95. The van der Waals surface area contributed by atoms with Crippen LogP contribution in [-0.2, 0) is 0 Å². The van der Waals surface area contributed by atoms with Crippen molar-refractivity contribution in [2.45, 2.75) is 70.3 Å². The first-order chi connectivity index (χ1) is 20.9. The molecule has 0 aromatic heterocycles. The molecule has 7 rings (SSSR count). The number of aliphatic imine (C=N–C) groups is 1. The Bertz CT molecular complexity index is 1600. The number of benzene rings is 2. The molecule has 43 heavy (non-hydrogen) atoms. The van der Waals surface area contributed by atoms with E-state index in [0.717, 1.165) is 67.8 Å². The Morgan fingerprint density at radius 3 is 2.77 bits per heavy atom. The number of aliphatic hydroxyl groups is 1. The van der Waals surface area contributed by atoms with Crippen LogP contribution in [0.5, 0.6) is 11.5 Å². The third-order valence-electron chi connectivity index (χ3n) is 10.6. The van der Waals surface area contributed by atoms with Crippen molar-refractivity contribution in [3.05, 3.63) is 76.9 Å². The molecule has 0 saturated heterocycles. The van der Waals surface area contributed by atoms with E-state index >= 15 is 0 Å². The maximum absolute atomic E-state index is 11.9. The Hall–Kier alpha value is -3.60. The summed E-state index contributed by atoms with van der Waals surface area (Å²) in [6, 6.07) is 16.4. The number of hydrogen-bond donors (Lipinski definition) is 3. The Labute approximate surface area is 259 Å². The highest BCUT2D eigenvalue weighted by molar-refractivity contribution is 7.80. The Morgan fingerprint density at radius 2 is 1.93 bits per heavy atom. The van der Waals surface area contributed by atoms with Gasteiger partial charge in [0.25, 0.3) is 0 Å². The summed E-state index contributed by atoms with van der Waals surface area (Å²) in [6.07, 6.45) is 9.02. The summed E-state index contributed by atoms with van der Waals surface area (Å²) in [5, 5.41) is 19.0. The van der Waals surface area contributed by atoms with Crippen molar-refractivity contribution < 1.29 is 14.6 Å². The molecule has 2 fully saturated rings. The summed E-state index contributed by atoms with van der Waals surface area (Å²) in [5.74, 6) is 9.02. The van der Waals surface area contributed by atoms with Crippen molar-refractivity contribution in [1.82, 2.24) is 5.32 Å². The molecule has 0 bridgehead atoms. The van der Waals surface area contributed by atoms with Crippen LogP contribution in [0.15, 0.2) is 76.3 Å². The SMILES string of the molecule is CC#C[C@]1(O)CCC2[C@@H]3CCC4=C/C(=N/CNC(=S)Nc5ccccc5)CCC4=C3[C@@H](c3ccc4c(c3)OCO4)C[C@@]21C. The zero-order chi connectivity index (χ0) is 29.6. The smallest absolute Gasteiger partial charge is 0.231 e. The molecule has 222 valence electrons. The molecule has 0 radical (unpaired) electrons. The molecular weight excluding hydrogens is 554 g/mol. The summed E-state index contributed by atoms with van der Waals surface area (Å²) in [7, 11) is 0.